The molecule has 0 aromatic carbocycles. The number of nitrogens with one attached hydrogen (secondary N) is 1. The molecule has 3 N–H and O–H groups in total. The van der Waals surface area contributed by atoms with Crippen molar-refractivity contribution in [3.05, 3.63) is 11.9 Å². The molecule has 0 bridgehead atoms. The quantitative estimate of drug-likeness (QED) is 0.810. The summed E-state index contributed by atoms with van der Waals surface area (Å²) < 4.78 is 1.55. The van der Waals surface area contributed by atoms with Crippen LogP contribution in [0.1, 0.15) is 52.8 Å². The second-order valence-electron chi connectivity index (χ2n) is 5.96. The normalized spacial score (nSPS) is 13.6. The van der Waals surface area contributed by atoms with E-state index in [0.717, 1.165) is 6.42 Å². The van der Waals surface area contributed by atoms with E-state index in [2.05, 4.69) is 29.5 Å². The zero-order valence-corrected chi connectivity index (χ0v) is 12.5. The van der Waals surface area contributed by atoms with E-state index in [1.165, 1.54) is 0 Å². The number of nitrogens with two attached hydrogens (primary N) is 1. The molecule has 0 fully saturated rings. The van der Waals surface area contributed by atoms with Crippen molar-refractivity contribution in [1.29, 1.82) is 0 Å². The minimum Gasteiger partial charge on any atom is -0.354 e. The average Bonchev–Trinajstić information content (AvgIpc) is 2.76. The highest BCUT2D eigenvalue weighted by Crippen LogP contribution is 2.14. The van der Waals surface area contributed by atoms with Gasteiger partial charge in [0.2, 0.25) is 5.91 Å². The number of hydrogen-bond donors (Lipinski definition) is 2. The zero-order valence-electron chi connectivity index (χ0n) is 12.5. The van der Waals surface area contributed by atoms with Crippen LogP contribution in [-0.2, 0) is 10.3 Å². The number of nitrogens with zero attached hydrogens (tertiary/aromatic N) is 3. The van der Waals surface area contributed by atoms with Crippen LogP contribution in [-0.4, -0.2) is 27.4 Å². The predicted octanol–water partition coefficient (Wildman–Crippen LogP) is 1.20. The monoisotopic (exact) mass is 267 g/mol. The topological polar surface area (TPSA) is 85.8 Å². The van der Waals surface area contributed by atoms with E-state index in [-0.39, 0.29) is 11.9 Å². The summed E-state index contributed by atoms with van der Waals surface area (Å²) in [5, 5.41) is 10.9. The average molecular weight is 267 g/mol. The van der Waals surface area contributed by atoms with Gasteiger partial charge in [-0.15, -0.1) is 5.10 Å². The Balaban J connectivity index is 2.59. The third kappa shape index (κ3) is 4.63. The van der Waals surface area contributed by atoms with Crippen LogP contribution in [0.2, 0.25) is 0 Å². The Kier molecular flexibility index (Phi) is 5.05. The molecule has 6 nitrogen and oxygen atoms in total. The third-order valence-electron chi connectivity index (χ3n) is 2.97. The molecule has 1 amide bonds. The van der Waals surface area contributed by atoms with Crippen molar-refractivity contribution >= 4 is 5.91 Å². The molecule has 0 saturated heterocycles. The molecule has 1 aromatic rings. The minimum atomic E-state index is -0.550. The van der Waals surface area contributed by atoms with E-state index in [1.54, 1.807) is 17.8 Å². The first-order chi connectivity index (χ1) is 8.71. The van der Waals surface area contributed by atoms with Crippen molar-refractivity contribution in [2.75, 3.05) is 6.54 Å². The van der Waals surface area contributed by atoms with Gasteiger partial charge in [0.15, 0.2) is 0 Å². The van der Waals surface area contributed by atoms with E-state index in [1.807, 2.05) is 13.8 Å². The Morgan fingerprint density at radius 1 is 1.47 bits per heavy atom. The van der Waals surface area contributed by atoms with Crippen molar-refractivity contribution in [2.24, 2.45) is 11.7 Å². The van der Waals surface area contributed by atoms with E-state index >= 15 is 0 Å². The van der Waals surface area contributed by atoms with Crippen LogP contribution in [0.5, 0.6) is 0 Å². The molecule has 1 aromatic heterocycles. The summed E-state index contributed by atoms with van der Waals surface area (Å²) in [5.41, 5.74) is 6.07. The summed E-state index contributed by atoms with van der Waals surface area (Å²) in [6.07, 6.45) is 2.70. The van der Waals surface area contributed by atoms with Crippen LogP contribution in [0, 0.1) is 5.92 Å². The molecule has 6 heteroatoms. The van der Waals surface area contributed by atoms with Gasteiger partial charge in [-0.1, -0.05) is 19.1 Å². The van der Waals surface area contributed by atoms with Crippen LogP contribution in [0.4, 0.5) is 0 Å². The van der Waals surface area contributed by atoms with Crippen LogP contribution in [0.25, 0.3) is 0 Å². The van der Waals surface area contributed by atoms with Gasteiger partial charge >= 0.3 is 0 Å². The van der Waals surface area contributed by atoms with Crippen LogP contribution in [0.15, 0.2) is 6.20 Å². The second kappa shape index (κ2) is 6.14. The van der Waals surface area contributed by atoms with Gasteiger partial charge in [-0.25, -0.2) is 4.68 Å². The lowest BCUT2D eigenvalue weighted by molar-refractivity contribution is -0.124. The molecule has 0 radical (unpaired) electrons. The van der Waals surface area contributed by atoms with E-state index < -0.39 is 5.54 Å². The van der Waals surface area contributed by atoms with Gasteiger partial charge in [-0.3, -0.25) is 4.79 Å². The maximum absolute atomic E-state index is 12.0. The minimum absolute atomic E-state index is 0.0491. The summed E-state index contributed by atoms with van der Waals surface area (Å²) in [6.45, 7) is 10.5. The fraction of sp³-hybridized carbons (Fsp3) is 0.769. The van der Waals surface area contributed by atoms with Crippen LogP contribution in [0.3, 0.4) is 0 Å². The maximum Gasteiger partial charge on any atom is 0.244 e. The highest BCUT2D eigenvalue weighted by molar-refractivity contribution is 5.79. The summed E-state index contributed by atoms with van der Waals surface area (Å²) in [6, 6.07) is -0.379. The van der Waals surface area contributed by atoms with Gasteiger partial charge in [0, 0.05) is 6.54 Å². The van der Waals surface area contributed by atoms with Crippen molar-refractivity contribution in [2.45, 2.75) is 52.6 Å². The first kappa shape index (κ1) is 15.6. The molecule has 0 aliphatic carbocycles. The van der Waals surface area contributed by atoms with E-state index in [9.17, 15) is 4.79 Å². The first-order valence-electron chi connectivity index (χ1n) is 6.70. The summed E-state index contributed by atoms with van der Waals surface area (Å²) in [7, 11) is 0. The molecule has 0 saturated carbocycles. The molecule has 0 spiro atoms. The molecule has 0 aliphatic rings. The molecule has 1 rings (SSSR count). The van der Waals surface area contributed by atoms with E-state index in [0.29, 0.717) is 18.2 Å². The molecule has 1 heterocycles. The lowest BCUT2D eigenvalue weighted by Gasteiger charge is -2.14. The van der Waals surface area contributed by atoms with Gasteiger partial charge in [-0.05, 0) is 33.1 Å². The number of carbonyl (C=O) groups excluding carboxylic acids is 1. The molecule has 19 heavy (non-hydrogen) atoms. The largest absolute Gasteiger partial charge is 0.354 e. The van der Waals surface area contributed by atoms with Gasteiger partial charge in [0.05, 0.1) is 11.7 Å². The standard InChI is InChI=1S/C13H25N5O/c1-9(2)6-7-15-12(19)10(3)18-8-11(16-17-18)13(4,5)14/h8-10H,6-7,14H2,1-5H3,(H,15,19). The SMILES string of the molecule is CC(C)CCNC(=O)C(C)n1cc(C(C)(C)N)nn1. The van der Waals surface area contributed by atoms with Gasteiger partial charge < -0.3 is 11.1 Å². The Hall–Kier alpha value is -1.43. The highest BCUT2D eigenvalue weighted by atomic mass is 16.2. The summed E-state index contributed by atoms with van der Waals surface area (Å²) in [5.74, 6) is 0.526. The third-order valence-corrected chi connectivity index (χ3v) is 2.97. The molecule has 1 atom stereocenters. The Labute approximate surface area is 114 Å². The van der Waals surface area contributed by atoms with E-state index in [4.69, 9.17) is 5.73 Å². The van der Waals surface area contributed by atoms with Gasteiger partial charge in [0.25, 0.3) is 0 Å². The predicted molar refractivity (Wildman–Crippen MR) is 74.4 cm³/mol. The first-order valence-corrected chi connectivity index (χ1v) is 6.70. The van der Waals surface area contributed by atoms with Gasteiger partial charge in [0.1, 0.15) is 11.7 Å². The molecular formula is C13H25N5O. The summed E-state index contributed by atoms with van der Waals surface area (Å²) >= 11 is 0. The van der Waals surface area contributed by atoms with Crippen molar-refractivity contribution in [1.82, 2.24) is 20.3 Å². The lowest BCUT2D eigenvalue weighted by Crippen LogP contribution is -2.32. The van der Waals surface area contributed by atoms with Crippen molar-refractivity contribution in [3.8, 4) is 0 Å². The smallest absolute Gasteiger partial charge is 0.244 e. The Morgan fingerprint density at radius 3 is 2.58 bits per heavy atom. The molecular weight excluding hydrogens is 242 g/mol. The fourth-order valence-corrected chi connectivity index (χ4v) is 1.51. The second-order valence-corrected chi connectivity index (χ2v) is 5.96. The highest BCUT2D eigenvalue weighted by Gasteiger charge is 2.22. The molecule has 108 valence electrons. The Morgan fingerprint density at radius 2 is 2.11 bits per heavy atom. The number of rotatable bonds is 6. The maximum atomic E-state index is 12.0. The Bertz CT molecular complexity index is 419. The lowest BCUT2D eigenvalue weighted by atomic mass is 10.0. The number of amides is 1. The fourth-order valence-electron chi connectivity index (χ4n) is 1.51. The number of hydrogen-bond acceptors (Lipinski definition) is 4. The van der Waals surface area contributed by atoms with Gasteiger partial charge in [-0.2, -0.15) is 0 Å². The molecule has 1 unspecified atom stereocenters. The van der Waals surface area contributed by atoms with Crippen molar-refractivity contribution < 1.29 is 4.79 Å². The number of aromatic nitrogens is 3. The molecule has 0 aliphatic heterocycles. The van der Waals surface area contributed by atoms with Crippen molar-refractivity contribution in [3.63, 3.8) is 0 Å². The zero-order chi connectivity index (χ0) is 14.6. The van der Waals surface area contributed by atoms with Crippen LogP contribution >= 0.6 is 0 Å². The number of carbonyl (C=O) groups is 1. The summed E-state index contributed by atoms with van der Waals surface area (Å²) in [4.78, 5) is 12.0. The van der Waals surface area contributed by atoms with Crippen LogP contribution < -0.4 is 11.1 Å².